The number of fused-ring (bicyclic) bond motifs is 4. The van der Waals surface area contributed by atoms with Crippen molar-refractivity contribution in [3.05, 3.63) is 77.6 Å². The van der Waals surface area contributed by atoms with Crippen LogP contribution >= 0.6 is 12.4 Å². The maximum atomic E-state index is 13.5. The molecular formula is C32H43ClN8O5. The molecule has 4 bridgehead atoms. The summed E-state index contributed by atoms with van der Waals surface area (Å²) in [5.74, 6) is -1.10. The molecule has 46 heavy (non-hydrogen) atoms. The first-order valence-corrected chi connectivity index (χ1v) is 15.2. The van der Waals surface area contributed by atoms with Gasteiger partial charge in [-0.1, -0.05) is 61.5 Å². The molecule has 0 spiro atoms. The Morgan fingerprint density at radius 3 is 2.54 bits per heavy atom. The van der Waals surface area contributed by atoms with Gasteiger partial charge in [-0.25, -0.2) is 4.68 Å². The molecule has 1 aliphatic rings. The fourth-order valence-electron chi connectivity index (χ4n) is 5.01. The van der Waals surface area contributed by atoms with E-state index < -0.39 is 23.9 Å². The van der Waals surface area contributed by atoms with Crippen LogP contribution in [0.3, 0.4) is 0 Å². The number of amides is 4. The Morgan fingerprint density at radius 2 is 1.80 bits per heavy atom. The lowest BCUT2D eigenvalue weighted by Gasteiger charge is -2.26. The van der Waals surface area contributed by atoms with Crippen LogP contribution in [0.4, 0.5) is 0 Å². The van der Waals surface area contributed by atoms with E-state index in [1.807, 2.05) is 50.2 Å². The lowest BCUT2D eigenvalue weighted by atomic mass is 10.0. The Morgan fingerprint density at radius 1 is 1.02 bits per heavy atom. The van der Waals surface area contributed by atoms with Crippen molar-refractivity contribution in [2.24, 2.45) is 11.7 Å². The molecule has 0 fully saturated rings. The van der Waals surface area contributed by atoms with Crippen molar-refractivity contribution in [2.75, 3.05) is 32.8 Å². The van der Waals surface area contributed by atoms with E-state index in [0.717, 1.165) is 11.1 Å². The molecule has 0 saturated carbocycles. The zero-order valence-corrected chi connectivity index (χ0v) is 27.0. The molecule has 14 heteroatoms. The van der Waals surface area contributed by atoms with Gasteiger partial charge in [0.15, 0.2) is 0 Å². The second-order valence-electron chi connectivity index (χ2n) is 11.3. The first kappa shape index (κ1) is 36.0. The van der Waals surface area contributed by atoms with Crippen LogP contribution in [0.25, 0.3) is 0 Å². The lowest BCUT2D eigenvalue weighted by Crippen LogP contribution is -2.56. The van der Waals surface area contributed by atoms with Crippen LogP contribution in [0.15, 0.2) is 60.8 Å². The maximum absolute atomic E-state index is 13.5. The van der Waals surface area contributed by atoms with Crippen LogP contribution in [-0.2, 0) is 45.0 Å². The van der Waals surface area contributed by atoms with Crippen molar-refractivity contribution in [3.8, 4) is 5.75 Å². The van der Waals surface area contributed by atoms with Gasteiger partial charge in [0.2, 0.25) is 23.6 Å². The largest absolute Gasteiger partial charge is 0.492 e. The summed E-state index contributed by atoms with van der Waals surface area (Å²) in [6.07, 6.45) is 2.54. The minimum Gasteiger partial charge on any atom is -0.492 e. The normalized spacial score (nSPS) is 18.8. The number of carbonyl (C=O) groups is 4. The molecule has 5 N–H and O–H groups in total. The molecule has 0 radical (unpaired) electrons. The van der Waals surface area contributed by atoms with Crippen molar-refractivity contribution in [1.29, 1.82) is 0 Å². The third-order valence-electron chi connectivity index (χ3n) is 7.47. The van der Waals surface area contributed by atoms with Gasteiger partial charge in [-0.2, -0.15) is 0 Å². The average Bonchev–Trinajstić information content (AvgIpc) is 3.48. The van der Waals surface area contributed by atoms with Crippen molar-refractivity contribution in [2.45, 2.75) is 51.7 Å². The molecule has 2 aromatic carbocycles. The second kappa shape index (κ2) is 17.9. The van der Waals surface area contributed by atoms with E-state index in [0.29, 0.717) is 37.6 Å². The van der Waals surface area contributed by atoms with Gasteiger partial charge in [0.1, 0.15) is 24.4 Å². The number of hydrogen-bond acceptors (Lipinski definition) is 8. The molecular weight excluding hydrogens is 612 g/mol. The third kappa shape index (κ3) is 10.8. The van der Waals surface area contributed by atoms with Crippen molar-refractivity contribution in [3.63, 3.8) is 0 Å². The van der Waals surface area contributed by atoms with Crippen LogP contribution < -0.4 is 26.4 Å². The first-order valence-electron chi connectivity index (χ1n) is 15.2. The van der Waals surface area contributed by atoms with Crippen LogP contribution in [0, 0.1) is 5.92 Å². The summed E-state index contributed by atoms with van der Waals surface area (Å²) < 4.78 is 7.56. The molecule has 3 aromatic rings. The van der Waals surface area contributed by atoms with Crippen molar-refractivity contribution in [1.82, 2.24) is 35.8 Å². The lowest BCUT2D eigenvalue weighted by molar-refractivity contribution is -0.133. The quantitative estimate of drug-likeness (QED) is 0.317. The summed E-state index contributed by atoms with van der Waals surface area (Å²) in [7, 11) is 0. The summed E-state index contributed by atoms with van der Waals surface area (Å²) in [5.41, 5.74) is 7.94. The van der Waals surface area contributed by atoms with E-state index in [2.05, 4.69) is 26.3 Å². The molecule has 0 aliphatic carbocycles. The van der Waals surface area contributed by atoms with Crippen LogP contribution in [0.5, 0.6) is 5.75 Å². The zero-order chi connectivity index (χ0) is 32.2. The van der Waals surface area contributed by atoms with Gasteiger partial charge in [-0.15, -0.1) is 17.5 Å². The van der Waals surface area contributed by atoms with Gasteiger partial charge in [0.25, 0.3) is 0 Å². The fourth-order valence-corrected chi connectivity index (χ4v) is 5.01. The van der Waals surface area contributed by atoms with E-state index >= 15 is 0 Å². The summed E-state index contributed by atoms with van der Waals surface area (Å²) in [6.45, 7) is 4.98. The van der Waals surface area contributed by atoms with E-state index in [1.165, 1.54) is 0 Å². The number of nitrogens with zero attached hydrogens (tertiary/aromatic N) is 4. The number of rotatable bonds is 4. The SMILES string of the molecule is CC(C)[C@H]1NC(=O)Cc2cccc(c2)OCCn2cc(nn2)CCN(C(=O)CN)CCNC(=O)[C@H](Cc2ccccc2)NC1=O.Cl. The summed E-state index contributed by atoms with van der Waals surface area (Å²) >= 11 is 0. The Kier molecular flexibility index (Phi) is 14.0. The van der Waals surface area contributed by atoms with Gasteiger partial charge in [-0.3, -0.25) is 19.2 Å². The van der Waals surface area contributed by atoms with Gasteiger partial charge in [0.05, 0.1) is 25.2 Å². The molecule has 2 heterocycles. The van der Waals surface area contributed by atoms with Gasteiger partial charge < -0.3 is 31.3 Å². The van der Waals surface area contributed by atoms with Crippen molar-refractivity contribution < 1.29 is 23.9 Å². The number of hydrogen-bond donors (Lipinski definition) is 4. The smallest absolute Gasteiger partial charge is 0.243 e. The minimum absolute atomic E-state index is 0. The Hall–Kier alpha value is -4.49. The van der Waals surface area contributed by atoms with E-state index in [1.54, 1.807) is 34.0 Å². The van der Waals surface area contributed by atoms with Crippen LogP contribution in [0.1, 0.15) is 30.7 Å². The molecule has 2 atom stereocenters. The zero-order valence-electron chi connectivity index (χ0n) is 26.2. The van der Waals surface area contributed by atoms with Gasteiger partial charge in [0, 0.05) is 38.7 Å². The Balaban J connectivity index is 0.00000576. The topological polar surface area (TPSA) is 174 Å². The highest BCUT2D eigenvalue weighted by molar-refractivity contribution is 5.92. The van der Waals surface area contributed by atoms with Crippen molar-refractivity contribution >= 4 is 36.0 Å². The molecule has 4 amide bonds. The van der Waals surface area contributed by atoms with E-state index in [4.69, 9.17) is 10.5 Å². The number of carbonyl (C=O) groups excluding carboxylic acids is 4. The minimum atomic E-state index is -0.915. The highest BCUT2D eigenvalue weighted by Crippen LogP contribution is 2.15. The summed E-state index contributed by atoms with van der Waals surface area (Å²) in [6, 6.07) is 14.8. The monoisotopic (exact) mass is 654 g/mol. The molecule has 248 valence electrons. The highest BCUT2D eigenvalue weighted by Gasteiger charge is 2.29. The Labute approximate surface area is 275 Å². The standard InChI is InChI=1S/C32H42N8O5.ClH/c1-22(2)30-32(44)35-27(18-23-7-4-3-5-8-23)31(43)34-12-14-39(29(42)20-33)13-11-25-21-40(38-37-25)15-16-45-26-10-6-9-24(17-26)19-28(41)36-30;/h3-10,17,21-22,27,30H,11-16,18-20,33H2,1-2H3,(H,34,43)(H,35,44)(H,36,41);1H/t27-,30+;/m0./s1. The molecule has 0 saturated heterocycles. The fraction of sp³-hybridized carbons (Fsp3) is 0.438. The number of halogens is 1. The molecule has 0 unspecified atom stereocenters. The van der Waals surface area contributed by atoms with Crippen LogP contribution in [-0.4, -0.2) is 88.4 Å². The third-order valence-corrected chi connectivity index (χ3v) is 7.47. The molecule has 4 rings (SSSR count). The van der Waals surface area contributed by atoms with Gasteiger partial charge in [-0.05, 0) is 29.2 Å². The summed E-state index contributed by atoms with van der Waals surface area (Å²) in [5, 5.41) is 16.9. The van der Waals surface area contributed by atoms with Crippen LogP contribution in [0.2, 0.25) is 0 Å². The number of ether oxygens (including phenoxy) is 1. The number of nitrogens with one attached hydrogen (secondary N) is 3. The number of nitrogens with two attached hydrogens (primary N) is 1. The number of benzene rings is 2. The average molecular weight is 655 g/mol. The highest BCUT2D eigenvalue weighted by atomic mass is 35.5. The summed E-state index contributed by atoms with van der Waals surface area (Å²) in [4.78, 5) is 54.2. The molecule has 13 nitrogen and oxygen atoms in total. The maximum Gasteiger partial charge on any atom is 0.243 e. The molecule has 1 aromatic heterocycles. The van der Waals surface area contributed by atoms with Gasteiger partial charge >= 0.3 is 0 Å². The number of aromatic nitrogens is 3. The molecule has 1 aliphatic heterocycles. The van der Waals surface area contributed by atoms with E-state index in [9.17, 15) is 19.2 Å². The first-order chi connectivity index (χ1) is 21.7. The van der Waals surface area contributed by atoms with E-state index in [-0.39, 0.29) is 62.6 Å². The second-order valence-corrected chi connectivity index (χ2v) is 11.3. The predicted molar refractivity (Wildman–Crippen MR) is 174 cm³/mol. The Bertz CT molecular complexity index is 1450. The predicted octanol–water partition coefficient (Wildman–Crippen LogP) is 0.649.